The SMILES string of the molecule is CN(C)CCCC1(c2ccc(F)cc2)OCc2cc(CN3CC4CCOCC4C3)ccc21. The Morgan fingerprint density at radius 2 is 1.91 bits per heavy atom. The molecule has 0 amide bonds. The number of benzene rings is 2. The van der Waals surface area contributed by atoms with Gasteiger partial charge in [-0.25, -0.2) is 4.39 Å². The molecule has 5 heteroatoms. The normalized spacial score (nSPS) is 27.6. The van der Waals surface area contributed by atoms with Crippen LogP contribution in [0.3, 0.4) is 0 Å². The van der Waals surface area contributed by atoms with E-state index in [1.807, 2.05) is 12.1 Å². The van der Waals surface area contributed by atoms with Gasteiger partial charge in [0.05, 0.1) is 13.2 Å². The predicted molar refractivity (Wildman–Crippen MR) is 124 cm³/mol. The minimum Gasteiger partial charge on any atom is -0.381 e. The van der Waals surface area contributed by atoms with Crippen LogP contribution in [0, 0.1) is 17.7 Å². The lowest BCUT2D eigenvalue weighted by Gasteiger charge is -2.31. The lowest BCUT2D eigenvalue weighted by atomic mass is 9.81. The quantitative estimate of drug-likeness (QED) is 0.639. The summed E-state index contributed by atoms with van der Waals surface area (Å²) in [6.07, 6.45) is 3.11. The van der Waals surface area contributed by atoms with Gasteiger partial charge in [0.1, 0.15) is 11.4 Å². The highest BCUT2D eigenvalue weighted by Crippen LogP contribution is 2.46. The molecule has 0 radical (unpaired) electrons. The molecule has 2 aromatic rings. The largest absolute Gasteiger partial charge is 0.381 e. The molecule has 0 bridgehead atoms. The molecule has 2 aromatic carbocycles. The van der Waals surface area contributed by atoms with E-state index in [0.717, 1.165) is 57.2 Å². The Morgan fingerprint density at radius 3 is 2.69 bits per heavy atom. The standard InChI is InChI=1S/C27H35FN2O2/c1-29(2)12-3-11-27(24-5-7-25(28)8-6-24)26-9-4-20(14-22(26)19-32-27)15-30-16-21-10-13-31-18-23(21)17-30/h4-9,14,21,23H,3,10-13,15-19H2,1-2H3. The van der Waals surface area contributed by atoms with Crippen molar-refractivity contribution in [1.29, 1.82) is 0 Å². The maximum absolute atomic E-state index is 13.6. The van der Waals surface area contributed by atoms with Crippen LogP contribution in [-0.2, 0) is 28.2 Å². The molecule has 0 aliphatic carbocycles. The first-order valence-corrected chi connectivity index (χ1v) is 12.0. The van der Waals surface area contributed by atoms with E-state index in [4.69, 9.17) is 9.47 Å². The number of hydrogen-bond acceptors (Lipinski definition) is 4. The van der Waals surface area contributed by atoms with Gasteiger partial charge in [0.2, 0.25) is 0 Å². The maximum Gasteiger partial charge on any atom is 0.123 e. The molecule has 3 unspecified atom stereocenters. The van der Waals surface area contributed by atoms with Gasteiger partial charge in [0.15, 0.2) is 0 Å². The summed E-state index contributed by atoms with van der Waals surface area (Å²) in [7, 11) is 4.20. The Bertz CT molecular complexity index is 918. The molecule has 3 aliphatic heterocycles. The third-order valence-corrected chi connectivity index (χ3v) is 7.55. The molecule has 32 heavy (non-hydrogen) atoms. The second-order valence-electron chi connectivity index (χ2n) is 10.1. The molecule has 0 aromatic heterocycles. The van der Waals surface area contributed by atoms with E-state index in [1.165, 1.54) is 29.7 Å². The van der Waals surface area contributed by atoms with Gasteiger partial charge in [-0.1, -0.05) is 30.3 Å². The molecule has 3 heterocycles. The van der Waals surface area contributed by atoms with Crippen LogP contribution < -0.4 is 0 Å². The van der Waals surface area contributed by atoms with Gasteiger partial charge in [0, 0.05) is 26.2 Å². The van der Waals surface area contributed by atoms with E-state index in [2.05, 4.69) is 42.1 Å². The van der Waals surface area contributed by atoms with Crippen LogP contribution in [0.2, 0.25) is 0 Å². The summed E-state index contributed by atoms with van der Waals surface area (Å²) >= 11 is 0. The molecule has 2 saturated heterocycles. The van der Waals surface area contributed by atoms with Crippen molar-refractivity contribution in [2.45, 2.75) is 38.0 Å². The molecule has 3 atom stereocenters. The molecule has 0 spiro atoms. The third-order valence-electron chi connectivity index (χ3n) is 7.55. The van der Waals surface area contributed by atoms with Crippen molar-refractivity contribution < 1.29 is 13.9 Å². The van der Waals surface area contributed by atoms with Gasteiger partial charge in [-0.05, 0) is 86.1 Å². The van der Waals surface area contributed by atoms with E-state index in [0.29, 0.717) is 12.5 Å². The highest BCUT2D eigenvalue weighted by atomic mass is 19.1. The molecular weight excluding hydrogens is 403 g/mol. The number of hydrogen-bond donors (Lipinski definition) is 0. The van der Waals surface area contributed by atoms with Crippen LogP contribution in [-0.4, -0.2) is 56.7 Å². The number of rotatable bonds is 7. The molecule has 5 rings (SSSR count). The summed E-state index contributed by atoms with van der Waals surface area (Å²) < 4.78 is 25.9. The third kappa shape index (κ3) is 4.36. The summed E-state index contributed by atoms with van der Waals surface area (Å²) in [6.45, 7) is 6.78. The van der Waals surface area contributed by atoms with Crippen LogP contribution in [0.15, 0.2) is 42.5 Å². The first-order chi connectivity index (χ1) is 15.5. The van der Waals surface area contributed by atoms with Gasteiger partial charge < -0.3 is 14.4 Å². The molecule has 2 fully saturated rings. The Hall–Kier alpha value is -1.79. The zero-order valence-corrected chi connectivity index (χ0v) is 19.4. The van der Waals surface area contributed by atoms with Gasteiger partial charge in [-0.3, -0.25) is 4.90 Å². The minimum absolute atomic E-state index is 0.206. The smallest absolute Gasteiger partial charge is 0.123 e. The number of ether oxygens (including phenoxy) is 2. The van der Waals surface area contributed by atoms with E-state index >= 15 is 0 Å². The summed E-state index contributed by atoms with van der Waals surface area (Å²) in [5.41, 5.74) is 4.44. The Morgan fingerprint density at radius 1 is 1.09 bits per heavy atom. The van der Waals surface area contributed by atoms with Crippen LogP contribution in [0.1, 0.15) is 41.5 Å². The monoisotopic (exact) mass is 438 g/mol. The average Bonchev–Trinajstić information content (AvgIpc) is 3.35. The second-order valence-corrected chi connectivity index (χ2v) is 10.1. The van der Waals surface area contributed by atoms with Crippen LogP contribution in [0.5, 0.6) is 0 Å². The summed E-state index contributed by atoms with van der Waals surface area (Å²) in [5.74, 6) is 1.29. The lowest BCUT2D eigenvalue weighted by Crippen LogP contribution is -2.28. The minimum atomic E-state index is -0.489. The van der Waals surface area contributed by atoms with Crippen molar-refractivity contribution in [1.82, 2.24) is 9.80 Å². The second kappa shape index (κ2) is 9.22. The van der Waals surface area contributed by atoms with Crippen molar-refractivity contribution in [3.63, 3.8) is 0 Å². The Kier molecular flexibility index (Phi) is 6.35. The molecule has 0 N–H and O–H groups in total. The zero-order chi connectivity index (χ0) is 22.1. The van der Waals surface area contributed by atoms with Crippen LogP contribution in [0.25, 0.3) is 0 Å². The van der Waals surface area contributed by atoms with Crippen molar-refractivity contribution in [2.75, 3.05) is 46.9 Å². The van der Waals surface area contributed by atoms with E-state index in [9.17, 15) is 4.39 Å². The van der Waals surface area contributed by atoms with E-state index in [-0.39, 0.29) is 5.82 Å². The number of likely N-dealkylation sites (tertiary alicyclic amines) is 1. The number of nitrogens with zero attached hydrogens (tertiary/aromatic N) is 2. The van der Waals surface area contributed by atoms with Gasteiger partial charge in [-0.15, -0.1) is 0 Å². The van der Waals surface area contributed by atoms with Crippen LogP contribution >= 0.6 is 0 Å². The first kappa shape index (κ1) is 22.0. The maximum atomic E-state index is 13.6. The topological polar surface area (TPSA) is 24.9 Å². The molecule has 3 aliphatic rings. The summed E-state index contributed by atoms with van der Waals surface area (Å²) in [4.78, 5) is 4.79. The van der Waals surface area contributed by atoms with Gasteiger partial charge in [0.25, 0.3) is 0 Å². The van der Waals surface area contributed by atoms with Crippen molar-refractivity contribution in [3.8, 4) is 0 Å². The first-order valence-electron chi connectivity index (χ1n) is 12.0. The fourth-order valence-electron chi connectivity index (χ4n) is 5.90. The van der Waals surface area contributed by atoms with Crippen molar-refractivity contribution >= 4 is 0 Å². The van der Waals surface area contributed by atoms with Crippen molar-refractivity contribution in [3.05, 3.63) is 70.5 Å². The molecule has 4 nitrogen and oxygen atoms in total. The Labute approximate surface area is 191 Å². The van der Waals surface area contributed by atoms with Gasteiger partial charge >= 0.3 is 0 Å². The van der Waals surface area contributed by atoms with Crippen LogP contribution in [0.4, 0.5) is 4.39 Å². The average molecular weight is 439 g/mol. The Balaban J connectivity index is 1.37. The van der Waals surface area contributed by atoms with Crippen molar-refractivity contribution in [2.24, 2.45) is 11.8 Å². The molecule has 0 saturated carbocycles. The molecule has 172 valence electrons. The lowest BCUT2D eigenvalue weighted by molar-refractivity contribution is -0.0140. The summed E-state index contributed by atoms with van der Waals surface area (Å²) in [6, 6.07) is 13.8. The number of fused-ring (bicyclic) bond motifs is 2. The highest BCUT2D eigenvalue weighted by molar-refractivity contribution is 5.45. The van der Waals surface area contributed by atoms with Gasteiger partial charge in [-0.2, -0.15) is 0 Å². The summed E-state index contributed by atoms with van der Waals surface area (Å²) in [5, 5.41) is 0. The highest BCUT2D eigenvalue weighted by Gasteiger charge is 2.41. The molecular formula is C27H35FN2O2. The fourth-order valence-corrected chi connectivity index (χ4v) is 5.90. The number of halogens is 1. The zero-order valence-electron chi connectivity index (χ0n) is 19.4. The fraction of sp³-hybridized carbons (Fsp3) is 0.556. The van der Waals surface area contributed by atoms with E-state index in [1.54, 1.807) is 12.1 Å². The predicted octanol–water partition coefficient (Wildman–Crippen LogP) is 4.41. The van der Waals surface area contributed by atoms with E-state index < -0.39 is 5.60 Å².